The van der Waals surface area contributed by atoms with Gasteiger partial charge in [-0.15, -0.1) is 0 Å². The molecule has 0 radical (unpaired) electrons. The van der Waals surface area contributed by atoms with Crippen molar-refractivity contribution in [3.63, 3.8) is 0 Å². The molecule has 2 amide bonds. The molecule has 1 fully saturated rings. The number of alkyl halides is 4. The zero-order chi connectivity index (χ0) is 29.8. The summed E-state index contributed by atoms with van der Waals surface area (Å²) < 4.78 is 72.4. The normalized spacial score (nSPS) is 18.5. The van der Waals surface area contributed by atoms with E-state index in [4.69, 9.17) is 11.6 Å². The van der Waals surface area contributed by atoms with E-state index in [1.54, 1.807) is 30.3 Å². The van der Waals surface area contributed by atoms with Crippen LogP contribution in [0.25, 0.3) is 0 Å². The lowest BCUT2D eigenvalue weighted by Crippen LogP contribution is -2.55. The van der Waals surface area contributed by atoms with E-state index in [2.05, 4.69) is 20.4 Å². The summed E-state index contributed by atoms with van der Waals surface area (Å²) in [6, 6.07) is 12.2. The molecule has 0 bridgehead atoms. The van der Waals surface area contributed by atoms with Gasteiger partial charge in [-0.3, -0.25) is 9.78 Å². The molecule has 1 heterocycles. The van der Waals surface area contributed by atoms with Crippen LogP contribution in [-0.2, 0) is 16.8 Å². The standard InChI is InChI=1S/C28H25ClF5N3O4/c29-18-9-10-23(35-15-18)27(14-16-5-2-1-3-6-16,37-26(40)36-22-8-4-7-21(22)24(38)39)17-11-19(30)13-20(12-17)41-28(33,34)25(31)32/h1-3,5-6,9-13,15,21-22,25H,4,7-8,14H2,(H,38,39)(H2,36,37,40)/t21-,22+,27-/m0/s1. The fourth-order valence-electron chi connectivity index (χ4n) is 4.95. The molecule has 1 aromatic heterocycles. The number of nitrogens with one attached hydrogen (secondary N) is 2. The van der Waals surface area contributed by atoms with E-state index >= 15 is 0 Å². The second kappa shape index (κ2) is 12.3. The summed E-state index contributed by atoms with van der Waals surface area (Å²) in [6.45, 7) is 0. The molecule has 2 aromatic carbocycles. The van der Waals surface area contributed by atoms with Crippen LogP contribution in [0.5, 0.6) is 5.75 Å². The minimum absolute atomic E-state index is 0.0966. The van der Waals surface area contributed by atoms with Crippen molar-refractivity contribution >= 4 is 23.6 Å². The number of ether oxygens (including phenoxy) is 1. The molecule has 1 saturated carbocycles. The van der Waals surface area contributed by atoms with Gasteiger partial charge in [-0.1, -0.05) is 48.4 Å². The molecule has 3 atom stereocenters. The van der Waals surface area contributed by atoms with Gasteiger partial charge >= 0.3 is 24.5 Å². The zero-order valence-corrected chi connectivity index (χ0v) is 22.1. The fourth-order valence-corrected chi connectivity index (χ4v) is 5.06. The monoisotopic (exact) mass is 597 g/mol. The van der Waals surface area contributed by atoms with Crippen LogP contribution in [0.1, 0.15) is 36.1 Å². The number of benzene rings is 2. The van der Waals surface area contributed by atoms with E-state index in [1.807, 2.05) is 0 Å². The Morgan fingerprint density at radius 2 is 1.83 bits per heavy atom. The number of carboxylic acids is 1. The number of carboxylic acid groups (broad SMARTS) is 1. The number of urea groups is 1. The fraction of sp³-hybridized carbons (Fsp3) is 0.321. The maximum absolute atomic E-state index is 14.9. The van der Waals surface area contributed by atoms with E-state index in [0.29, 0.717) is 30.9 Å². The number of carbonyl (C=O) groups excluding carboxylic acids is 1. The maximum Gasteiger partial charge on any atom is 0.461 e. The molecule has 218 valence electrons. The van der Waals surface area contributed by atoms with E-state index in [-0.39, 0.29) is 22.7 Å². The number of aliphatic carboxylic acids is 1. The van der Waals surface area contributed by atoms with Crippen molar-refractivity contribution in [2.45, 2.75) is 49.8 Å². The first kappa shape index (κ1) is 30.0. The van der Waals surface area contributed by atoms with Crippen molar-refractivity contribution in [3.05, 3.63) is 94.5 Å². The molecule has 41 heavy (non-hydrogen) atoms. The predicted octanol–water partition coefficient (Wildman–Crippen LogP) is 6.15. The first-order valence-corrected chi connectivity index (χ1v) is 12.9. The summed E-state index contributed by atoms with van der Waals surface area (Å²) >= 11 is 6.03. The molecule has 0 saturated heterocycles. The lowest BCUT2D eigenvalue weighted by atomic mass is 9.80. The van der Waals surface area contributed by atoms with Gasteiger partial charge in [-0.05, 0) is 48.2 Å². The van der Waals surface area contributed by atoms with Gasteiger partial charge in [0.1, 0.15) is 17.1 Å². The van der Waals surface area contributed by atoms with Crippen molar-refractivity contribution in [2.75, 3.05) is 0 Å². The molecule has 7 nitrogen and oxygen atoms in total. The smallest absolute Gasteiger partial charge is 0.461 e. The van der Waals surface area contributed by atoms with Crippen LogP contribution in [0.15, 0.2) is 66.9 Å². The highest BCUT2D eigenvalue weighted by molar-refractivity contribution is 6.30. The van der Waals surface area contributed by atoms with Crippen LogP contribution >= 0.6 is 11.6 Å². The number of amides is 2. The summed E-state index contributed by atoms with van der Waals surface area (Å²) in [4.78, 5) is 29.4. The average molecular weight is 598 g/mol. The Morgan fingerprint density at radius 3 is 2.46 bits per heavy atom. The molecule has 0 spiro atoms. The summed E-state index contributed by atoms with van der Waals surface area (Å²) in [6.07, 6.45) is -6.65. The second-order valence-corrected chi connectivity index (χ2v) is 10.1. The van der Waals surface area contributed by atoms with Crippen molar-refractivity contribution in [1.82, 2.24) is 15.6 Å². The number of hydrogen-bond acceptors (Lipinski definition) is 4. The van der Waals surface area contributed by atoms with Gasteiger partial charge in [0, 0.05) is 24.7 Å². The molecule has 0 aliphatic heterocycles. The number of carbonyl (C=O) groups is 2. The van der Waals surface area contributed by atoms with Crippen molar-refractivity contribution in [2.24, 2.45) is 5.92 Å². The first-order chi connectivity index (χ1) is 19.4. The maximum atomic E-state index is 14.9. The molecule has 1 aliphatic carbocycles. The topological polar surface area (TPSA) is 101 Å². The summed E-state index contributed by atoms with van der Waals surface area (Å²) in [5.41, 5.74) is -1.27. The van der Waals surface area contributed by atoms with Gasteiger partial charge in [-0.25, -0.2) is 9.18 Å². The van der Waals surface area contributed by atoms with Gasteiger partial charge < -0.3 is 20.5 Å². The number of halogens is 6. The molecule has 13 heteroatoms. The van der Waals surface area contributed by atoms with E-state index < -0.39 is 53.6 Å². The summed E-state index contributed by atoms with van der Waals surface area (Å²) in [7, 11) is 0. The molecule has 1 aliphatic rings. The third kappa shape index (κ3) is 7.05. The van der Waals surface area contributed by atoms with Gasteiger partial charge in [0.2, 0.25) is 0 Å². The van der Waals surface area contributed by atoms with Crippen LogP contribution in [0, 0.1) is 11.7 Å². The molecule has 0 unspecified atom stereocenters. The lowest BCUT2D eigenvalue weighted by Gasteiger charge is -2.36. The molecule has 3 N–H and O–H groups in total. The van der Waals surface area contributed by atoms with Crippen LogP contribution in [0.2, 0.25) is 5.02 Å². The largest absolute Gasteiger partial charge is 0.481 e. The quantitative estimate of drug-likeness (QED) is 0.244. The Balaban J connectivity index is 1.85. The van der Waals surface area contributed by atoms with E-state index in [1.165, 1.54) is 18.3 Å². The van der Waals surface area contributed by atoms with E-state index in [0.717, 1.165) is 12.1 Å². The third-order valence-corrected chi connectivity index (χ3v) is 7.05. The number of nitrogens with zero attached hydrogens (tertiary/aromatic N) is 1. The van der Waals surface area contributed by atoms with Crippen LogP contribution in [0.3, 0.4) is 0 Å². The third-order valence-electron chi connectivity index (χ3n) is 6.83. The van der Waals surface area contributed by atoms with E-state index in [9.17, 15) is 36.6 Å². The Labute approximate surface area is 236 Å². The second-order valence-electron chi connectivity index (χ2n) is 9.65. The van der Waals surface area contributed by atoms with Gasteiger partial charge in [0.25, 0.3) is 0 Å². The number of hydrogen-bond donors (Lipinski definition) is 3. The van der Waals surface area contributed by atoms with Crippen molar-refractivity contribution < 1.29 is 41.4 Å². The SMILES string of the molecule is O=C(N[C@@H]1CCC[C@@H]1C(=O)O)N[C@@](Cc1ccccc1)(c1cc(F)cc(OC(F)(F)C(F)F)c1)c1ccc(Cl)cn1. The Morgan fingerprint density at radius 1 is 1.10 bits per heavy atom. The van der Waals surface area contributed by atoms with Gasteiger partial charge in [0.05, 0.1) is 16.6 Å². The summed E-state index contributed by atoms with van der Waals surface area (Å²) in [5.74, 6) is -3.93. The number of pyridine rings is 1. The molecule has 4 rings (SSSR count). The van der Waals surface area contributed by atoms with Crippen LogP contribution in [0.4, 0.5) is 26.7 Å². The minimum atomic E-state index is -4.93. The Kier molecular flexibility index (Phi) is 9.01. The number of rotatable bonds is 10. The van der Waals surface area contributed by atoms with Crippen LogP contribution < -0.4 is 15.4 Å². The van der Waals surface area contributed by atoms with Gasteiger partial charge in [-0.2, -0.15) is 17.6 Å². The summed E-state index contributed by atoms with van der Waals surface area (Å²) in [5, 5.41) is 15.2. The lowest BCUT2D eigenvalue weighted by molar-refractivity contribution is -0.253. The highest BCUT2D eigenvalue weighted by atomic mass is 35.5. The predicted molar refractivity (Wildman–Crippen MR) is 139 cm³/mol. The van der Waals surface area contributed by atoms with Crippen LogP contribution in [-0.4, -0.2) is 40.7 Å². The Hall–Kier alpha value is -3.93. The van der Waals surface area contributed by atoms with Gasteiger partial charge in [0.15, 0.2) is 0 Å². The number of aromatic nitrogens is 1. The first-order valence-electron chi connectivity index (χ1n) is 12.5. The highest BCUT2D eigenvalue weighted by Crippen LogP contribution is 2.37. The van der Waals surface area contributed by atoms with Crippen molar-refractivity contribution in [1.29, 1.82) is 0 Å². The highest BCUT2D eigenvalue weighted by Gasteiger charge is 2.45. The zero-order valence-electron chi connectivity index (χ0n) is 21.3. The molecular formula is C28H25ClF5N3O4. The Bertz CT molecular complexity index is 1380. The minimum Gasteiger partial charge on any atom is -0.481 e. The molecular weight excluding hydrogens is 573 g/mol. The average Bonchev–Trinajstić information content (AvgIpc) is 3.37. The molecule has 3 aromatic rings. The van der Waals surface area contributed by atoms with Crippen molar-refractivity contribution in [3.8, 4) is 5.75 Å².